The lowest BCUT2D eigenvalue weighted by atomic mass is 10.1. The van der Waals surface area contributed by atoms with E-state index in [9.17, 15) is 0 Å². The second-order valence-electron chi connectivity index (χ2n) is 4.18. The van der Waals surface area contributed by atoms with E-state index in [0.717, 1.165) is 44.7 Å². The van der Waals surface area contributed by atoms with Crippen molar-refractivity contribution in [2.75, 3.05) is 19.8 Å². The van der Waals surface area contributed by atoms with Crippen molar-refractivity contribution >= 4 is 11.3 Å². The summed E-state index contributed by atoms with van der Waals surface area (Å²) in [5.41, 5.74) is 1.13. The van der Waals surface area contributed by atoms with Gasteiger partial charge >= 0.3 is 0 Å². The van der Waals surface area contributed by atoms with Crippen LogP contribution >= 0.6 is 11.3 Å². The average Bonchev–Trinajstić information content (AvgIpc) is 2.70. The Morgan fingerprint density at radius 2 is 2.29 bits per heavy atom. The van der Waals surface area contributed by atoms with Crippen molar-refractivity contribution in [1.29, 1.82) is 0 Å². The molecule has 3 nitrogen and oxygen atoms in total. The summed E-state index contributed by atoms with van der Waals surface area (Å²) in [6.07, 6.45) is 3.32. The zero-order valence-corrected chi connectivity index (χ0v) is 12.0. The van der Waals surface area contributed by atoms with E-state index in [0.29, 0.717) is 6.04 Å². The third kappa shape index (κ3) is 6.15. The lowest BCUT2D eigenvalue weighted by Gasteiger charge is -2.16. The predicted molar refractivity (Wildman–Crippen MR) is 73.7 cm³/mol. The summed E-state index contributed by atoms with van der Waals surface area (Å²) in [5, 5.41) is 6.89. The van der Waals surface area contributed by atoms with Gasteiger partial charge in [0, 0.05) is 36.8 Å². The number of hydrogen-bond donors (Lipinski definition) is 1. The lowest BCUT2D eigenvalue weighted by Crippen LogP contribution is -2.31. The summed E-state index contributed by atoms with van der Waals surface area (Å²) in [5.74, 6) is 0. The molecule has 1 aromatic heterocycles. The fourth-order valence-electron chi connectivity index (χ4n) is 1.85. The van der Waals surface area contributed by atoms with E-state index in [1.54, 1.807) is 11.3 Å². The van der Waals surface area contributed by atoms with Gasteiger partial charge < -0.3 is 10.1 Å². The molecule has 1 aromatic rings. The summed E-state index contributed by atoms with van der Waals surface area (Å²) in [6, 6.07) is 0.533. The van der Waals surface area contributed by atoms with Gasteiger partial charge in [0.25, 0.3) is 0 Å². The van der Waals surface area contributed by atoms with Gasteiger partial charge in [0.2, 0.25) is 0 Å². The first kappa shape index (κ1) is 14.6. The van der Waals surface area contributed by atoms with Crippen LogP contribution < -0.4 is 5.32 Å². The highest BCUT2D eigenvalue weighted by Crippen LogP contribution is 2.13. The molecule has 0 bridgehead atoms. The maximum absolute atomic E-state index is 5.38. The summed E-state index contributed by atoms with van der Waals surface area (Å²) in [7, 11) is 0. The van der Waals surface area contributed by atoms with Crippen LogP contribution in [0.25, 0.3) is 0 Å². The minimum Gasteiger partial charge on any atom is -0.382 e. The molecule has 0 aliphatic heterocycles. The van der Waals surface area contributed by atoms with E-state index in [2.05, 4.69) is 29.5 Å². The van der Waals surface area contributed by atoms with E-state index in [1.165, 1.54) is 5.01 Å². The summed E-state index contributed by atoms with van der Waals surface area (Å²) in [6.45, 7) is 8.95. The van der Waals surface area contributed by atoms with Gasteiger partial charge in [-0.2, -0.15) is 0 Å². The molecule has 0 aliphatic rings. The third-order valence-corrected chi connectivity index (χ3v) is 3.61. The molecule has 1 unspecified atom stereocenters. The number of nitrogens with one attached hydrogen (secondary N) is 1. The second-order valence-corrected chi connectivity index (χ2v) is 5.12. The lowest BCUT2D eigenvalue weighted by molar-refractivity contribution is 0.141. The zero-order valence-electron chi connectivity index (χ0n) is 11.2. The number of hydrogen-bond acceptors (Lipinski definition) is 4. The Kier molecular flexibility index (Phi) is 7.40. The van der Waals surface area contributed by atoms with E-state index in [4.69, 9.17) is 4.74 Å². The van der Waals surface area contributed by atoms with Gasteiger partial charge in [-0.15, -0.1) is 11.3 Å². The Hall–Kier alpha value is -0.450. The molecule has 0 saturated heterocycles. The van der Waals surface area contributed by atoms with Crippen LogP contribution in [0.2, 0.25) is 0 Å². The first-order valence-corrected chi connectivity index (χ1v) is 7.36. The van der Waals surface area contributed by atoms with Crippen molar-refractivity contribution in [2.24, 2.45) is 0 Å². The van der Waals surface area contributed by atoms with Gasteiger partial charge in [-0.25, -0.2) is 4.98 Å². The van der Waals surface area contributed by atoms with Gasteiger partial charge in [-0.1, -0.05) is 6.92 Å². The Morgan fingerprint density at radius 3 is 2.88 bits per heavy atom. The molecule has 0 fully saturated rings. The fourth-order valence-corrected chi connectivity index (χ4v) is 2.70. The molecule has 0 saturated carbocycles. The van der Waals surface area contributed by atoms with Crippen LogP contribution in [0.4, 0.5) is 0 Å². The molecular formula is C13H24N2OS. The topological polar surface area (TPSA) is 34.1 Å². The molecular weight excluding hydrogens is 232 g/mol. The van der Waals surface area contributed by atoms with Gasteiger partial charge in [-0.3, -0.25) is 0 Å². The van der Waals surface area contributed by atoms with E-state index >= 15 is 0 Å². The molecule has 0 amide bonds. The maximum Gasteiger partial charge on any atom is 0.0943 e. The number of aromatic nitrogens is 1. The molecule has 1 N–H and O–H groups in total. The van der Waals surface area contributed by atoms with Crippen LogP contribution in [0.1, 0.15) is 37.4 Å². The van der Waals surface area contributed by atoms with Gasteiger partial charge in [0.05, 0.1) is 5.01 Å². The number of ether oxygens (including phenoxy) is 1. The Morgan fingerprint density at radius 1 is 1.47 bits per heavy atom. The molecule has 0 spiro atoms. The molecule has 1 atom stereocenters. The van der Waals surface area contributed by atoms with Crippen molar-refractivity contribution in [3.05, 3.63) is 16.1 Å². The smallest absolute Gasteiger partial charge is 0.0943 e. The summed E-state index contributed by atoms with van der Waals surface area (Å²) in [4.78, 5) is 4.52. The SMILES string of the molecule is CCNC(CCCOCC)Cc1nc(C)cs1. The Balaban J connectivity index is 2.32. The number of aryl methyl sites for hydroxylation is 1. The van der Waals surface area contributed by atoms with Crippen LogP contribution in [-0.2, 0) is 11.2 Å². The first-order chi connectivity index (χ1) is 8.26. The molecule has 0 aliphatic carbocycles. The monoisotopic (exact) mass is 256 g/mol. The summed E-state index contributed by atoms with van der Waals surface area (Å²) < 4.78 is 5.38. The standard InChI is InChI=1S/C13H24N2OS/c1-4-14-12(7-6-8-16-5-2)9-13-15-11(3)10-17-13/h10,12,14H,4-9H2,1-3H3. The van der Waals surface area contributed by atoms with Crippen LogP contribution in [0, 0.1) is 6.92 Å². The molecule has 98 valence electrons. The zero-order chi connectivity index (χ0) is 12.5. The van der Waals surface area contributed by atoms with Crippen molar-refractivity contribution < 1.29 is 4.74 Å². The number of rotatable bonds is 9. The van der Waals surface area contributed by atoms with E-state index in [-0.39, 0.29) is 0 Å². The molecule has 1 heterocycles. The molecule has 0 radical (unpaired) electrons. The fraction of sp³-hybridized carbons (Fsp3) is 0.769. The Bertz CT molecular complexity index is 301. The van der Waals surface area contributed by atoms with Crippen LogP contribution in [0.5, 0.6) is 0 Å². The third-order valence-electron chi connectivity index (χ3n) is 2.63. The van der Waals surface area contributed by atoms with Crippen molar-refractivity contribution in [1.82, 2.24) is 10.3 Å². The van der Waals surface area contributed by atoms with Crippen molar-refractivity contribution in [3.63, 3.8) is 0 Å². The average molecular weight is 256 g/mol. The van der Waals surface area contributed by atoms with Gasteiger partial charge in [0.1, 0.15) is 0 Å². The van der Waals surface area contributed by atoms with Crippen LogP contribution in [0.3, 0.4) is 0 Å². The second kappa shape index (κ2) is 8.61. The van der Waals surface area contributed by atoms with Gasteiger partial charge in [0.15, 0.2) is 0 Å². The Labute approximate surface area is 109 Å². The minimum absolute atomic E-state index is 0.533. The van der Waals surface area contributed by atoms with Gasteiger partial charge in [-0.05, 0) is 33.2 Å². The summed E-state index contributed by atoms with van der Waals surface area (Å²) >= 11 is 1.77. The van der Waals surface area contributed by atoms with Crippen LogP contribution in [-0.4, -0.2) is 30.8 Å². The van der Waals surface area contributed by atoms with Crippen molar-refractivity contribution in [3.8, 4) is 0 Å². The van der Waals surface area contributed by atoms with E-state index < -0.39 is 0 Å². The number of nitrogens with zero attached hydrogens (tertiary/aromatic N) is 1. The highest BCUT2D eigenvalue weighted by atomic mass is 32.1. The first-order valence-electron chi connectivity index (χ1n) is 6.48. The highest BCUT2D eigenvalue weighted by Gasteiger charge is 2.10. The van der Waals surface area contributed by atoms with E-state index in [1.807, 2.05) is 6.92 Å². The van der Waals surface area contributed by atoms with Crippen LogP contribution in [0.15, 0.2) is 5.38 Å². The largest absolute Gasteiger partial charge is 0.382 e. The number of likely N-dealkylation sites (N-methyl/N-ethyl adjacent to an activating group) is 1. The molecule has 0 aromatic carbocycles. The van der Waals surface area contributed by atoms with Crippen molar-refractivity contribution in [2.45, 2.75) is 46.1 Å². The minimum atomic E-state index is 0.533. The molecule has 1 rings (SSSR count). The molecule has 17 heavy (non-hydrogen) atoms. The predicted octanol–water partition coefficient (Wildman–Crippen LogP) is 2.79. The maximum atomic E-state index is 5.38. The number of thiazole rings is 1. The highest BCUT2D eigenvalue weighted by molar-refractivity contribution is 7.09. The quantitative estimate of drug-likeness (QED) is 0.690. The molecule has 4 heteroatoms. The normalized spacial score (nSPS) is 12.9.